The summed E-state index contributed by atoms with van der Waals surface area (Å²) in [5, 5.41) is 0. The molecule has 0 saturated carbocycles. The number of rotatable bonds is 3. The van der Waals surface area contributed by atoms with Crippen LogP contribution >= 0.6 is 0 Å². The summed E-state index contributed by atoms with van der Waals surface area (Å²) in [6, 6.07) is 0. The molecule has 2 heteroatoms. The molecule has 1 heterocycles. The van der Waals surface area contributed by atoms with Crippen molar-refractivity contribution in [2.75, 3.05) is 0 Å². The topological polar surface area (TPSA) is 41.8 Å². The van der Waals surface area contributed by atoms with Gasteiger partial charge in [-0.1, -0.05) is 54.9 Å². The molecule has 19 heavy (non-hydrogen) atoms. The van der Waals surface area contributed by atoms with Gasteiger partial charge in [0.2, 0.25) is 0 Å². The van der Waals surface area contributed by atoms with Crippen LogP contribution in [-0.4, -0.2) is 4.98 Å². The number of hydrogen-bond acceptors (Lipinski definition) is 1. The summed E-state index contributed by atoms with van der Waals surface area (Å²) in [4.78, 5) is 3.48. The lowest BCUT2D eigenvalue weighted by Crippen LogP contribution is -2.15. The number of nitrogens with two attached hydrogens (primary N) is 1. The summed E-state index contributed by atoms with van der Waals surface area (Å²) in [7, 11) is 0. The van der Waals surface area contributed by atoms with E-state index >= 15 is 0 Å². The first-order chi connectivity index (χ1) is 8.62. The summed E-state index contributed by atoms with van der Waals surface area (Å²) in [5.74, 6) is 0. The number of H-pyrrole nitrogens is 1. The van der Waals surface area contributed by atoms with Gasteiger partial charge in [0.1, 0.15) is 0 Å². The number of hydrogen-bond donors (Lipinski definition) is 2. The maximum Gasteiger partial charge on any atom is 0.0468 e. The zero-order valence-corrected chi connectivity index (χ0v) is 13.6. The molecule has 0 saturated heterocycles. The second-order valence-corrected chi connectivity index (χ2v) is 7.39. The van der Waals surface area contributed by atoms with Gasteiger partial charge < -0.3 is 10.7 Å². The van der Waals surface area contributed by atoms with Gasteiger partial charge in [-0.05, 0) is 40.2 Å². The molecule has 0 fully saturated rings. The fraction of sp³-hybridized carbons (Fsp3) is 0.647. The summed E-state index contributed by atoms with van der Waals surface area (Å²) >= 11 is 0. The van der Waals surface area contributed by atoms with Crippen molar-refractivity contribution in [3.8, 4) is 0 Å². The van der Waals surface area contributed by atoms with Gasteiger partial charge >= 0.3 is 0 Å². The average molecular weight is 262 g/mol. The van der Waals surface area contributed by atoms with E-state index in [0.717, 1.165) is 12.8 Å². The van der Waals surface area contributed by atoms with Crippen LogP contribution in [0.3, 0.4) is 0 Å². The minimum atomic E-state index is 0.0528. The molecule has 108 valence electrons. The molecular formula is C17H30N2. The third-order valence-corrected chi connectivity index (χ3v) is 3.54. The molecule has 0 unspecified atom stereocenters. The van der Waals surface area contributed by atoms with Gasteiger partial charge in [0.25, 0.3) is 0 Å². The number of aromatic nitrogens is 1. The summed E-state index contributed by atoms with van der Waals surface area (Å²) in [6.07, 6.45) is 6.17. The quantitative estimate of drug-likeness (QED) is 0.820. The normalized spacial score (nSPS) is 13.9. The lowest BCUT2D eigenvalue weighted by atomic mass is 9.80. The van der Waals surface area contributed by atoms with Crippen LogP contribution in [0.5, 0.6) is 0 Å². The van der Waals surface area contributed by atoms with Crippen LogP contribution < -0.4 is 5.73 Å². The van der Waals surface area contributed by atoms with Crippen molar-refractivity contribution in [2.45, 2.75) is 66.7 Å². The zero-order chi connectivity index (χ0) is 14.8. The molecule has 0 aliphatic carbocycles. The van der Waals surface area contributed by atoms with E-state index < -0.39 is 0 Å². The van der Waals surface area contributed by atoms with E-state index in [4.69, 9.17) is 5.73 Å². The van der Waals surface area contributed by atoms with E-state index in [0.29, 0.717) is 0 Å². The molecule has 0 aromatic carbocycles. The predicted octanol–water partition coefficient (Wildman–Crippen LogP) is 4.61. The van der Waals surface area contributed by atoms with Gasteiger partial charge in [0.05, 0.1) is 0 Å². The van der Waals surface area contributed by atoms with E-state index in [1.54, 1.807) is 6.20 Å². The Morgan fingerprint density at radius 2 is 1.79 bits per heavy atom. The number of allylic oxidation sites excluding steroid dienone is 1. The lowest BCUT2D eigenvalue weighted by molar-refractivity contribution is 0.561. The minimum absolute atomic E-state index is 0.0528. The monoisotopic (exact) mass is 262 g/mol. The second-order valence-electron chi connectivity index (χ2n) is 7.39. The van der Waals surface area contributed by atoms with Gasteiger partial charge in [0.15, 0.2) is 0 Å². The number of aromatic amines is 1. The van der Waals surface area contributed by atoms with Crippen molar-refractivity contribution in [3.05, 3.63) is 29.2 Å². The molecule has 3 N–H and O–H groups in total. The van der Waals surface area contributed by atoms with E-state index in [9.17, 15) is 0 Å². The lowest BCUT2D eigenvalue weighted by Gasteiger charge is -2.25. The maximum atomic E-state index is 5.89. The van der Waals surface area contributed by atoms with Crippen LogP contribution in [0.2, 0.25) is 0 Å². The highest BCUT2D eigenvalue weighted by molar-refractivity contribution is 5.70. The Morgan fingerprint density at radius 1 is 1.21 bits per heavy atom. The molecule has 1 aromatic rings. The largest absolute Gasteiger partial charge is 0.404 e. The second kappa shape index (κ2) is 5.44. The Hall–Kier alpha value is -1.18. The van der Waals surface area contributed by atoms with Crippen LogP contribution in [-0.2, 0) is 11.8 Å². The molecule has 0 amide bonds. The third-order valence-electron chi connectivity index (χ3n) is 3.54. The molecule has 1 aromatic heterocycles. The van der Waals surface area contributed by atoms with Gasteiger partial charge in [-0.15, -0.1) is 0 Å². The standard InChI is InChI=1S/C17H30N2/c1-8-9-12-14(17(5,6)7)11-19-15(12)13(10-18)16(2,3)4/h10-11,19H,8-9,18H2,1-7H3/b13-10+. The summed E-state index contributed by atoms with van der Waals surface area (Å²) in [5.41, 5.74) is 11.4. The van der Waals surface area contributed by atoms with Crippen molar-refractivity contribution in [3.63, 3.8) is 0 Å². The predicted molar refractivity (Wildman–Crippen MR) is 85.1 cm³/mol. The van der Waals surface area contributed by atoms with Crippen LogP contribution in [0.4, 0.5) is 0 Å². The molecule has 1 rings (SSSR count). The minimum Gasteiger partial charge on any atom is -0.404 e. The van der Waals surface area contributed by atoms with Gasteiger partial charge in [-0.2, -0.15) is 0 Å². The van der Waals surface area contributed by atoms with Crippen molar-refractivity contribution >= 4 is 5.57 Å². The van der Waals surface area contributed by atoms with E-state index in [2.05, 4.69) is 59.6 Å². The van der Waals surface area contributed by atoms with Crippen molar-refractivity contribution < 1.29 is 0 Å². The molecular weight excluding hydrogens is 232 g/mol. The average Bonchev–Trinajstić information content (AvgIpc) is 2.61. The molecule has 0 radical (unpaired) electrons. The van der Waals surface area contributed by atoms with E-state index in [1.807, 2.05) is 0 Å². The van der Waals surface area contributed by atoms with Crippen LogP contribution in [0.15, 0.2) is 12.4 Å². The third kappa shape index (κ3) is 3.43. The first-order valence-corrected chi connectivity index (χ1v) is 7.26. The fourth-order valence-electron chi connectivity index (χ4n) is 2.58. The van der Waals surface area contributed by atoms with Gasteiger partial charge in [-0.25, -0.2) is 0 Å². The molecule has 0 atom stereocenters. The smallest absolute Gasteiger partial charge is 0.0468 e. The Morgan fingerprint density at radius 3 is 2.16 bits per heavy atom. The van der Waals surface area contributed by atoms with Crippen molar-refractivity contribution in [1.29, 1.82) is 0 Å². The molecule has 0 aliphatic heterocycles. The highest BCUT2D eigenvalue weighted by Crippen LogP contribution is 2.38. The van der Waals surface area contributed by atoms with Crippen LogP contribution in [0, 0.1) is 5.41 Å². The first kappa shape index (κ1) is 15.9. The first-order valence-electron chi connectivity index (χ1n) is 7.26. The Bertz CT molecular complexity index is 451. The van der Waals surface area contributed by atoms with Gasteiger partial charge in [-0.3, -0.25) is 0 Å². The Balaban J connectivity index is 3.41. The maximum absolute atomic E-state index is 5.89. The fourth-order valence-corrected chi connectivity index (χ4v) is 2.58. The highest BCUT2D eigenvalue weighted by Gasteiger charge is 2.27. The number of nitrogens with one attached hydrogen (secondary N) is 1. The highest BCUT2D eigenvalue weighted by atomic mass is 14.7. The van der Waals surface area contributed by atoms with E-state index in [1.165, 1.54) is 22.4 Å². The summed E-state index contributed by atoms with van der Waals surface area (Å²) < 4.78 is 0. The molecule has 0 bridgehead atoms. The zero-order valence-electron chi connectivity index (χ0n) is 13.6. The Labute approximate surface area is 118 Å². The van der Waals surface area contributed by atoms with Crippen molar-refractivity contribution in [2.24, 2.45) is 11.1 Å². The SMILES string of the molecule is CCCc1c(C(C)(C)C)c[nH]c1/C(=C\N)C(C)(C)C. The molecule has 2 nitrogen and oxygen atoms in total. The van der Waals surface area contributed by atoms with Crippen LogP contribution in [0.1, 0.15) is 71.7 Å². The Kier molecular flexibility index (Phi) is 4.54. The van der Waals surface area contributed by atoms with Gasteiger partial charge in [0, 0.05) is 11.9 Å². The molecule has 0 spiro atoms. The summed E-state index contributed by atoms with van der Waals surface area (Å²) in [6.45, 7) is 15.6. The van der Waals surface area contributed by atoms with Crippen molar-refractivity contribution in [1.82, 2.24) is 4.98 Å². The molecule has 0 aliphatic rings. The van der Waals surface area contributed by atoms with Crippen LogP contribution in [0.25, 0.3) is 5.57 Å². The van der Waals surface area contributed by atoms with E-state index in [-0.39, 0.29) is 10.8 Å².